The van der Waals surface area contributed by atoms with Gasteiger partial charge in [0.2, 0.25) is 16.9 Å². The van der Waals surface area contributed by atoms with E-state index in [1.165, 1.54) is 23.1 Å². The molecule has 1 unspecified atom stereocenters. The molecule has 0 saturated heterocycles. The Morgan fingerprint density at radius 2 is 1.73 bits per heavy atom. The summed E-state index contributed by atoms with van der Waals surface area (Å²) < 4.78 is 0.607. The molecule has 3 rings (SSSR count). The van der Waals surface area contributed by atoms with Crippen molar-refractivity contribution in [1.29, 1.82) is 0 Å². The lowest BCUT2D eigenvalue weighted by Crippen LogP contribution is -2.19. The number of hydrogen-bond donors (Lipinski definition) is 3. The molecule has 2 aromatic carbocycles. The van der Waals surface area contributed by atoms with Crippen LogP contribution in [0, 0.1) is 0 Å². The smallest absolute Gasteiger partial charge is 0.248 e. The van der Waals surface area contributed by atoms with E-state index in [0.29, 0.717) is 20.7 Å². The molecule has 0 bridgehead atoms. The molecule has 132 valence electrons. The number of nitrogens with one attached hydrogen (secondary N) is 1. The number of nitrogens with zero attached hydrogens (tertiary/aromatic N) is 2. The van der Waals surface area contributed by atoms with Crippen molar-refractivity contribution in [3.63, 3.8) is 0 Å². The van der Waals surface area contributed by atoms with Crippen molar-refractivity contribution in [2.75, 3.05) is 11.1 Å². The maximum Gasteiger partial charge on any atom is 0.248 e. The monoisotopic (exact) mass is 385 g/mol. The van der Waals surface area contributed by atoms with Crippen LogP contribution in [-0.4, -0.2) is 22.0 Å². The van der Waals surface area contributed by atoms with Gasteiger partial charge in [-0.15, -0.1) is 10.2 Å². The first-order chi connectivity index (χ1) is 12.5. The second-order valence-corrected chi connectivity index (χ2v) is 7.61. The number of amides is 2. The van der Waals surface area contributed by atoms with Crippen LogP contribution in [0.25, 0.3) is 0 Å². The van der Waals surface area contributed by atoms with Gasteiger partial charge in [0.15, 0.2) is 4.34 Å². The highest BCUT2D eigenvalue weighted by atomic mass is 32.2. The van der Waals surface area contributed by atoms with E-state index < -0.39 is 11.2 Å². The van der Waals surface area contributed by atoms with Crippen molar-refractivity contribution in [1.82, 2.24) is 10.2 Å². The van der Waals surface area contributed by atoms with Crippen molar-refractivity contribution < 1.29 is 9.59 Å². The fraction of sp³-hybridized carbons (Fsp3) is 0.0588. The van der Waals surface area contributed by atoms with E-state index in [9.17, 15) is 9.59 Å². The van der Waals surface area contributed by atoms with Gasteiger partial charge >= 0.3 is 0 Å². The number of carbonyl (C=O) groups excluding carboxylic acids is 2. The molecule has 0 spiro atoms. The number of nitrogen functional groups attached to an aromatic ring is 1. The summed E-state index contributed by atoms with van der Waals surface area (Å²) in [6, 6.07) is 15.8. The molecule has 9 heteroatoms. The summed E-state index contributed by atoms with van der Waals surface area (Å²) in [5.74, 6) is -0.740. The molecule has 26 heavy (non-hydrogen) atoms. The molecule has 3 aromatic rings. The molecule has 0 fully saturated rings. The molecule has 0 aliphatic carbocycles. The van der Waals surface area contributed by atoms with Gasteiger partial charge in [-0.05, 0) is 29.8 Å². The van der Waals surface area contributed by atoms with E-state index in [4.69, 9.17) is 11.5 Å². The zero-order chi connectivity index (χ0) is 18.5. The first kappa shape index (κ1) is 17.9. The predicted molar refractivity (Wildman–Crippen MR) is 103 cm³/mol. The van der Waals surface area contributed by atoms with Gasteiger partial charge in [-0.25, -0.2) is 0 Å². The summed E-state index contributed by atoms with van der Waals surface area (Å²) in [5, 5.41) is 10.4. The highest BCUT2D eigenvalue weighted by Crippen LogP contribution is 2.38. The summed E-state index contributed by atoms with van der Waals surface area (Å²) >= 11 is 2.50. The lowest BCUT2D eigenvalue weighted by molar-refractivity contribution is -0.115. The van der Waals surface area contributed by atoms with Crippen LogP contribution in [-0.2, 0) is 4.79 Å². The molecule has 1 aromatic heterocycles. The van der Waals surface area contributed by atoms with Crippen molar-refractivity contribution >= 4 is 45.7 Å². The first-order valence-electron chi connectivity index (χ1n) is 7.54. The van der Waals surface area contributed by atoms with Gasteiger partial charge < -0.3 is 16.8 Å². The molecule has 1 heterocycles. The van der Waals surface area contributed by atoms with Crippen molar-refractivity contribution in [3.8, 4) is 0 Å². The van der Waals surface area contributed by atoms with Crippen LogP contribution >= 0.6 is 23.1 Å². The largest absolute Gasteiger partial charge is 0.374 e. The summed E-state index contributed by atoms with van der Waals surface area (Å²) in [4.78, 5) is 24.0. The average Bonchev–Trinajstić information content (AvgIpc) is 3.06. The Hall–Kier alpha value is -2.91. The molecule has 1 atom stereocenters. The van der Waals surface area contributed by atoms with Gasteiger partial charge in [0.25, 0.3) is 0 Å². The minimum absolute atomic E-state index is 0.221. The molecule has 0 radical (unpaired) electrons. The van der Waals surface area contributed by atoms with E-state index >= 15 is 0 Å². The molecule has 5 N–H and O–H groups in total. The maximum absolute atomic E-state index is 12.8. The van der Waals surface area contributed by atoms with Crippen molar-refractivity contribution in [2.45, 2.75) is 9.59 Å². The zero-order valence-corrected chi connectivity index (χ0v) is 15.1. The van der Waals surface area contributed by atoms with Gasteiger partial charge in [-0.3, -0.25) is 9.59 Å². The molecular weight excluding hydrogens is 370 g/mol. The summed E-state index contributed by atoms with van der Waals surface area (Å²) in [6.07, 6.45) is 0. The van der Waals surface area contributed by atoms with E-state index in [-0.39, 0.29) is 5.91 Å². The van der Waals surface area contributed by atoms with E-state index in [2.05, 4.69) is 15.5 Å². The van der Waals surface area contributed by atoms with Crippen LogP contribution < -0.4 is 16.8 Å². The Bertz CT molecular complexity index is 912. The number of thioether (sulfide) groups is 1. The Labute approximate surface area is 157 Å². The number of nitrogens with two attached hydrogens (primary N) is 2. The number of hydrogen-bond acceptors (Lipinski definition) is 7. The van der Waals surface area contributed by atoms with Gasteiger partial charge in [-0.2, -0.15) is 0 Å². The van der Waals surface area contributed by atoms with Gasteiger partial charge in [-0.1, -0.05) is 53.4 Å². The van der Waals surface area contributed by atoms with Gasteiger partial charge in [0.1, 0.15) is 5.25 Å². The Kier molecular flexibility index (Phi) is 5.49. The Morgan fingerprint density at radius 1 is 1.04 bits per heavy atom. The topological polar surface area (TPSA) is 124 Å². The Balaban J connectivity index is 1.81. The number of aromatic nitrogens is 2. The predicted octanol–water partition coefficient (Wildman–Crippen LogP) is 2.69. The third kappa shape index (κ3) is 4.38. The summed E-state index contributed by atoms with van der Waals surface area (Å²) in [6.45, 7) is 0. The average molecular weight is 385 g/mol. The van der Waals surface area contributed by atoms with Gasteiger partial charge in [0, 0.05) is 11.3 Å². The molecule has 0 aliphatic rings. The number of carbonyl (C=O) groups is 2. The van der Waals surface area contributed by atoms with E-state index in [1.54, 1.807) is 24.3 Å². The lowest BCUT2D eigenvalue weighted by Gasteiger charge is -2.15. The van der Waals surface area contributed by atoms with Crippen LogP contribution in [0.1, 0.15) is 21.2 Å². The number of anilines is 2. The van der Waals surface area contributed by atoms with Crippen molar-refractivity contribution in [2.24, 2.45) is 5.73 Å². The first-order valence-corrected chi connectivity index (χ1v) is 9.24. The second-order valence-electron chi connectivity index (χ2n) is 5.25. The molecule has 7 nitrogen and oxygen atoms in total. The van der Waals surface area contributed by atoms with Crippen LogP contribution in [0.4, 0.5) is 10.8 Å². The van der Waals surface area contributed by atoms with Crippen LogP contribution in [0.15, 0.2) is 58.9 Å². The minimum atomic E-state index is -0.528. The SMILES string of the molecule is NC(=O)c1ccc(NC(=O)C(Sc2nnc(N)s2)c2ccccc2)cc1. The molecule has 0 saturated carbocycles. The summed E-state index contributed by atoms with van der Waals surface area (Å²) in [7, 11) is 0. The molecule has 2 amide bonds. The number of benzene rings is 2. The number of rotatable bonds is 6. The second kappa shape index (κ2) is 7.98. The maximum atomic E-state index is 12.8. The summed E-state index contributed by atoms with van der Waals surface area (Å²) in [5.41, 5.74) is 12.6. The standard InChI is InChI=1S/C17H15N5O2S2/c18-14(23)11-6-8-12(9-7-11)20-15(24)13(10-4-2-1-3-5-10)25-17-22-21-16(19)26-17/h1-9,13H,(H2,18,23)(H2,19,21)(H,20,24). The third-order valence-corrected chi connectivity index (χ3v) is 5.51. The minimum Gasteiger partial charge on any atom is -0.374 e. The fourth-order valence-corrected chi connectivity index (χ4v) is 4.02. The molecular formula is C17H15N5O2S2. The van der Waals surface area contributed by atoms with Crippen LogP contribution in [0.3, 0.4) is 0 Å². The third-order valence-electron chi connectivity index (χ3n) is 3.42. The van der Waals surface area contributed by atoms with Crippen LogP contribution in [0.5, 0.6) is 0 Å². The zero-order valence-electron chi connectivity index (χ0n) is 13.5. The highest BCUT2D eigenvalue weighted by molar-refractivity contribution is 8.02. The number of primary amides is 1. The van der Waals surface area contributed by atoms with E-state index in [0.717, 1.165) is 5.56 Å². The van der Waals surface area contributed by atoms with Crippen LogP contribution in [0.2, 0.25) is 0 Å². The quantitative estimate of drug-likeness (QED) is 0.560. The fourth-order valence-electron chi connectivity index (χ4n) is 2.20. The highest BCUT2D eigenvalue weighted by Gasteiger charge is 2.24. The Morgan fingerprint density at radius 3 is 2.31 bits per heavy atom. The normalized spacial score (nSPS) is 11.7. The molecule has 0 aliphatic heterocycles. The lowest BCUT2D eigenvalue weighted by atomic mass is 10.1. The van der Waals surface area contributed by atoms with E-state index in [1.807, 2.05) is 30.3 Å². The van der Waals surface area contributed by atoms with Gasteiger partial charge in [0.05, 0.1) is 0 Å². The van der Waals surface area contributed by atoms with Crippen molar-refractivity contribution in [3.05, 3.63) is 65.7 Å².